The Morgan fingerprint density at radius 1 is 1.05 bits per heavy atom. The lowest BCUT2D eigenvalue weighted by Gasteiger charge is -2.43. The van der Waals surface area contributed by atoms with E-state index in [2.05, 4.69) is 28.9 Å². The minimum absolute atomic E-state index is 0.0695. The van der Waals surface area contributed by atoms with E-state index in [9.17, 15) is 9.59 Å². The standard InChI is InChI=1S/C31H36N4O3/c1-4-24-19-34(31(37)25-12-10-22(17-20(25)3)21-8-9-21)15-16-35(24)28-13-11-23(18-27(28)29(32)36)26-7-6-14-33-30(26)38-5-2/h6-7,10-14,17-18,21,24H,4-5,8-9,15-16,19H2,1-3H3,(H2,32,36)/t24-/m1/s1. The Labute approximate surface area is 224 Å². The van der Waals surface area contributed by atoms with Gasteiger partial charge >= 0.3 is 0 Å². The first-order valence-electron chi connectivity index (χ1n) is 13.6. The summed E-state index contributed by atoms with van der Waals surface area (Å²) in [6.45, 7) is 8.36. The number of carbonyl (C=O) groups excluding carboxylic acids is 2. The minimum atomic E-state index is -0.483. The Balaban J connectivity index is 1.39. The molecule has 0 unspecified atom stereocenters. The van der Waals surface area contributed by atoms with Gasteiger partial charge in [-0.2, -0.15) is 0 Å². The molecule has 2 N–H and O–H groups in total. The number of amides is 2. The van der Waals surface area contributed by atoms with Crippen molar-refractivity contribution in [1.29, 1.82) is 0 Å². The summed E-state index contributed by atoms with van der Waals surface area (Å²) >= 11 is 0. The van der Waals surface area contributed by atoms with Crippen LogP contribution >= 0.6 is 0 Å². The van der Waals surface area contributed by atoms with Crippen molar-refractivity contribution in [2.75, 3.05) is 31.1 Å². The van der Waals surface area contributed by atoms with E-state index in [4.69, 9.17) is 10.5 Å². The number of rotatable bonds is 8. The van der Waals surface area contributed by atoms with Crippen molar-refractivity contribution in [3.63, 3.8) is 0 Å². The van der Waals surface area contributed by atoms with Crippen LogP contribution in [-0.4, -0.2) is 54.0 Å². The van der Waals surface area contributed by atoms with E-state index in [-0.39, 0.29) is 11.9 Å². The summed E-state index contributed by atoms with van der Waals surface area (Å²) in [6.07, 6.45) is 5.02. The predicted molar refractivity (Wildman–Crippen MR) is 150 cm³/mol. The van der Waals surface area contributed by atoms with Crippen molar-refractivity contribution in [2.45, 2.75) is 52.0 Å². The summed E-state index contributed by atoms with van der Waals surface area (Å²) in [6, 6.07) is 15.9. The quantitative estimate of drug-likeness (QED) is 0.450. The molecule has 1 aliphatic heterocycles. The Morgan fingerprint density at radius 2 is 1.87 bits per heavy atom. The Hall–Kier alpha value is -3.87. The summed E-state index contributed by atoms with van der Waals surface area (Å²) < 4.78 is 5.70. The van der Waals surface area contributed by atoms with Crippen LogP contribution in [0.5, 0.6) is 5.88 Å². The molecule has 7 nitrogen and oxygen atoms in total. The summed E-state index contributed by atoms with van der Waals surface area (Å²) in [5, 5.41) is 0. The number of aryl methyl sites for hydroxylation is 1. The van der Waals surface area contributed by atoms with Crippen LogP contribution in [0.3, 0.4) is 0 Å². The second kappa shape index (κ2) is 10.9. The van der Waals surface area contributed by atoms with Gasteiger partial charge in [0.15, 0.2) is 0 Å². The molecule has 5 rings (SSSR count). The molecular weight excluding hydrogens is 476 g/mol. The largest absolute Gasteiger partial charge is 0.478 e. The van der Waals surface area contributed by atoms with Gasteiger partial charge < -0.3 is 20.3 Å². The SMILES string of the molecule is CCOc1ncccc1-c1ccc(N2CCN(C(=O)c3ccc(C4CC4)cc3C)C[C@H]2CC)c(C(N)=O)c1. The highest BCUT2D eigenvalue weighted by atomic mass is 16.5. The molecule has 1 saturated carbocycles. The molecule has 0 radical (unpaired) electrons. The third-order valence-corrected chi connectivity index (χ3v) is 7.71. The van der Waals surface area contributed by atoms with E-state index in [1.54, 1.807) is 6.20 Å². The lowest BCUT2D eigenvalue weighted by atomic mass is 9.98. The van der Waals surface area contributed by atoms with Crippen LogP contribution in [0.1, 0.15) is 70.9 Å². The zero-order chi connectivity index (χ0) is 26.8. The minimum Gasteiger partial charge on any atom is -0.478 e. The molecule has 1 aromatic heterocycles. The molecule has 0 spiro atoms. The number of pyridine rings is 1. The smallest absolute Gasteiger partial charge is 0.254 e. The topological polar surface area (TPSA) is 88.8 Å². The number of hydrogen-bond acceptors (Lipinski definition) is 5. The van der Waals surface area contributed by atoms with Gasteiger partial charge in [0, 0.05) is 48.7 Å². The maximum atomic E-state index is 13.5. The van der Waals surface area contributed by atoms with Gasteiger partial charge in [0.2, 0.25) is 5.88 Å². The van der Waals surface area contributed by atoms with Crippen molar-refractivity contribution in [2.24, 2.45) is 5.73 Å². The molecule has 2 heterocycles. The molecule has 198 valence electrons. The molecule has 38 heavy (non-hydrogen) atoms. The molecular formula is C31H36N4O3. The zero-order valence-corrected chi connectivity index (χ0v) is 22.4. The van der Waals surface area contributed by atoms with Crippen molar-refractivity contribution in [1.82, 2.24) is 9.88 Å². The van der Waals surface area contributed by atoms with Gasteiger partial charge in [-0.05, 0) is 86.1 Å². The maximum Gasteiger partial charge on any atom is 0.254 e. The van der Waals surface area contributed by atoms with Gasteiger partial charge in [0.05, 0.1) is 12.2 Å². The molecule has 2 amide bonds. The number of aromatic nitrogens is 1. The third-order valence-electron chi connectivity index (χ3n) is 7.71. The molecule has 2 aromatic carbocycles. The summed E-state index contributed by atoms with van der Waals surface area (Å²) in [4.78, 5) is 34.6. The summed E-state index contributed by atoms with van der Waals surface area (Å²) in [5.74, 6) is 0.787. The summed E-state index contributed by atoms with van der Waals surface area (Å²) in [5.41, 5.74) is 11.9. The Bertz CT molecular complexity index is 1350. The number of primary amides is 1. The van der Waals surface area contributed by atoms with E-state index >= 15 is 0 Å². The zero-order valence-electron chi connectivity index (χ0n) is 22.4. The second-order valence-electron chi connectivity index (χ2n) is 10.2. The van der Waals surface area contributed by atoms with Gasteiger partial charge in [0.25, 0.3) is 11.8 Å². The van der Waals surface area contributed by atoms with E-state index in [1.807, 2.05) is 55.1 Å². The highest BCUT2D eigenvalue weighted by Gasteiger charge is 2.32. The molecule has 1 atom stereocenters. The van der Waals surface area contributed by atoms with Crippen molar-refractivity contribution in [3.8, 4) is 17.0 Å². The molecule has 2 aliphatic rings. The van der Waals surface area contributed by atoms with Gasteiger partial charge in [0.1, 0.15) is 0 Å². The number of benzene rings is 2. The van der Waals surface area contributed by atoms with E-state index < -0.39 is 5.91 Å². The Kier molecular flexibility index (Phi) is 7.36. The number of piperazine rings is 1. The number of ether oxygens (including phenoxy) is 1. The fourth-order valence-corrected chi connectivity index (χ4v) is 5.49. The first kappa shape index (κ1) is 25.8. The van der Waals surface area contributed by atoms with Crippen LogP contribution in [0.15, 0.2) is 54.7 Å². The van der Waals surface area contributed by atoms with E-state index in [1.165, 1.54) is 18.4 Å². The highest BCUT2D eigenvalue weighted by Crippen LogP contribution is 2.40. The Morgan fingerprint density at radius 3 is 2.55 bits per heavy atom. The normalized spacial score (nSPS) is 17.4. The summed E-state index contributed by atoms with van der Waals surface area (Å²) in [7, 11) is 0. The van der Waals surface area contributed by atoms with Crippen LogP contribution in [0, 0.1) is 6.92 Å². The maximum absolute atomic E-state index is 13.5. The fraction of sp³-hybridized carbons (Fsp3) is 0.387. The van der Waals surface area contributed by atoms with Gasteiger partial charge in [-0.25, -0.2) is 4.98 Å². The van der Waals surface area contributed by atoms with Crippen LogP contribution in [0.2, 0.25) is 0 Å². The van der Waals surface area contributed by atoms with Gasteiger partial charge in [-0.3, -0.25) is 9.59 Å². The third kappa shape index (κ3) is 5.10. The van der Waals surface area contributed by atoms with Crippen molar-refractivity contribution >= 4 is 17.5 Å². The number of nitrogens with two attached hydrogens (primary N) is 1. The average molecular weight is 513 g/mol. The number of carbonyl (C=O) groups is 2. The van der Waals surface area contributed by atoms with Gasteiger partial charge in [-0.1, -0.05) is 25.1 Å². The predicted octanol–water partition coefficient (Wildman–Crippen LogP) is 5.17. The van der Waals surface area contributed by atoms with Crippen molar-refractivity contribution < 1.29 is 14.3 Å². The molecule has 2 fully saturated rings. The molecule has 0 bridgehead atoms. The van der Waals surface area contributed by atoms with Crippen LogP contribution < -0.4 is 15.4 Å². The van der Waals surface area contributed by atoms with E-state index in [0.717, 1.165) is 34.4 Å². The fourth-order valence-electron chi connectivity index (χ4n) is 5.49. The number of nitrogens with zero attached hydrogens (tertiary/aromatic N) is 3. The monoisotopic (exact) mass is 512 g/mol. The van der Waals surface area contributed by atoms with Crippen LogP contribution in [0.4, 0.5) is 5.69 Å². The lowest BCUT2D eigenvalue weighted by molar-refractivity contribution is 0.0719. The van der Waals surface area contributed by atoms with Crippen LogP contribution in [-0.2, 0) is 0 Å². The first-order valence-corrected chi connectivity index (χ1v) is 13.6. The molecule has 1 saturated heterocycles. The van der Waals surface area contributed by atoms with Crippen LogP contribution in [0.25, 0.3) is 11.1 Å². The van der Waals surface area contributed by atoms with Gasteiger partial charge in [-0.15, -0.1) is 0 Å². The highest BCUT2D eigenvalue weighted by molar-refractivity contribution is 6.00. The lowest BCUT2D eigenvalue weighted by Crippen LogP contribution is -2.55. The molecule has 3 aromatic rings. The molecule has 7 heteroatoms. The average Bonchev–Trinajstić information content (AvgIpc) is 3.78. The number of anilines is 1. The molecule has 1 aliphatic carbocycles. The van der Waals surface area contributed by atoms with E-state index in [0.29, 0.717) is 43.6 Å². The van der Waals surface area contributed by atoms with Crippen molar-refractivity contribution in [3.05, 3.63) is 77.0 Å². The first-order chi connectivity index (χ1) is 18.4. The second-order valence-corrected chi connectivity index (χ2v) is 10.2. The number of hydrogen-bond donors (Lipinski definition) is 1.